The van der Waals surface area contributed by atoms with Crippen LogP contribution in [0.5, 0.6) is 5.88 Å². The number of rotatable bonds is 4. The van der Waals surface area contributed by atoms with E-state index in [4.69, 9.17) is 0 Å². The van der Waals surface area contributed by atoms with Crippen LogP contribution >= 0.6 is 15.9 Å². The lowest BCUT2D eigenvalue weighted by Gasteiger charge is -2.10. The molecule has 0 bridgehead atoms. The Kier molecular flexibility index (Phi) is 5.25. The van der Waals surface area contributed by atoms with Crippen LogP contribution in [0.1, 0.15) is 15.9 Å². The van der Waals surface area contributed by atoms with E-state index in [1.807, 2.05) is 19.1 Å². The standard InChI is InChI=1S/C15H12BrF3N2O2/c1-9-2-4-11(16)6-12(9)21-14(22)10-3-5-13(20-7-10)23-8-15(17,18)19/h2-7H,8H2,1H3,(H,21,22). The topological polar surface area (TPSA) is 51.2 Å². The summed E-state index contributed by atoms with van der Waals surface area (Å²) in [5.74, 6) is -0.612. The predicted molar refractivity (Wildman–Crippen MR) is 82.6 cm³/mol. The number of carbonyl (C=O) groups is 1. The summed E-state index contributed by atoms with van der Waals surface area (Å²) in [6.45, 7) is 0.414. The number of nitrogens with zero attached hydrogens (tertiary/aromatic N) is 1. The van der Waals surface area contributed by atoms with Gasteiger partial charge in [0.05, 0.1) is 5.56 Å². The van der Waals surface area contributed by atoms with Crippen LogP contribution in [0.3, 0.4) is 0 Å². The van der Waals surface area contributed by atoms with Crippen molar-refractivity contribution in [2.75, 3.05) is 11.9 Å². The number of aryl methyl sites for hydroxylation is 1. The first-order chi connectivity index (χ1) is 10.7. The van der Waals surface area contributed by atoms with Crippen LogP contribution in [0.15, 0.2) is 41.0 Å². The van der Waals surface area contributed by atoms with Gasteiger partial charge < -0.3 is 10.1 Å². The average molecular weight is 389 g/mol. The number of aromatic nitrogens is 1. The minimum Gasteiger partial charge on any atom is -0.468 e. The molecule has 0 saturated heterocycles. The highest BCUT2D eigenvalue weighted by atomic mass is 79.9. The van der Waals surface area contributed by atoms with Crippen molar-refractivity contribution in [1.29, 1.82) is 0 Å². The lowest BCUT2D eigenvalue weighted by Crippen LogP contribution is -2.19. The largest absolute Gasteiger partial charge is 0.468 e. The van der Waals surface area contributed by atoms with Crippen LogP contribution in [0.4, 0.5) is 18.9 Å². The highest BCUT2D eigenvalue weighted by Gasteiger charge is 2.28. The Morgan fingerprint density at radius 3 is 2.65 bits per heavy atom. The minimum atomic E-state index is -4.43. The van der Waals surface area contributed by atoms with Gasteiger partial charge in [-0.1, -0.05) is 22.0 Å². The highest BCUT2D eigenvalue weighted by Crippen LogP contribution is 2.22. The summed E-state index contributed by atoms with van der Waals surface area (Å²) < 4.78 is 41.4. The van der Waals surface area contributed by atoms with E-state index in [2.05, 4.69) is 31.0 Å². The molecule has 0 aliphatic carbocycles. The number of amides is 1. The summed E-state index contributed by atoms with van der Waals surface area (Å²) in [6, 6.07) is 8.00. The minimum absolute atomic E-state index is 0.197. The molecule has 1 heterocycles. The number of halogens is 4. The third-order valence-corrected chi connectivity index (χ3v) is 3.32. The first-order valence-electron chi connectivity index (χ1n) is 6.48. The maximum atomic E-state index is 12.1. The van der Waals surface area contributed by atoms with Crippen molar-refractivity contribution in [3.05, 3.63) is 52.1 Å². The van der Waals surface area contributed by atoms with Crippen molar-refractivity contribution >= 4 is 27.5 Å². The highest BCUT2D eigenvalue weighted by molar-refractivity contribution is 9.10. The first kappa shape index (κ1) is 17.3. The summed E-state index contributed by atoms with van der Waals surface area (Å²) in [5.41, 5.74) is 1.71. The van der Waals surface area contributed by atoms with Crippen LogP contribution in [0.2, 0.25) is 0 Å². The monoisotopic (exact) mass is 388 g/mol. The van der Waals surface area contributed by atoms with Gasteiger partial charge in [0, 0.05) is 22.4 Å². The number of ether oxygens (including phenoxy) is 1. The Morgan fingerprint density at radius 1 is 1.30 bits per heavy atom. The Hall–Kier alpha value is -2.09. The molecule has 1 aromatic carbocycles. The number of hydrogen-bond donors (Lipinski definition) is 1. The summed E-state index contributed by atoms with van der Waals surface area (Å²) >= 11 is 3.31. The fraction of sp³-hybridized carbons (Fsp3) is 0.200. The van der Waals surface area contributed by atoms with Gasteiger partial charge in [0.25, 0.3) is 5.91 Å². The summed E-state index contributed by atoms with van der Waals surface area (Å²) in [5, 5.41) is 2.71. The van der Waals surface area contributed by atoms with Crippen LogP contribution in [0.25, 0.3) is 0 Å². The summed E-state index contributed by atoms with van der Waals surface area (Å²) in [7, 11) is 0. The predicted octanol–water partition coefficient (Wildman–Crippen LogP) is 4.35. The molecule has 0 saturated carbocycles. The number of anilines is 1. The zero-order chi connectivity index (χ0) is 17.0. The lowest BCUT2D eigenvalue weighted by molar-refractivity contribution is -0.154. The molecule has 0 unspecified atom stereocenters. The number of alkyl halides is 3. The van der Waals surface area contributed by atoms with E-state index in [-0.39, 0.29) is 11.4 Å². The van der Waals surface area contributed by atoms with Crippen molar-refractivity contribution in [1.82, 2.24) is 4.98 Å². The summed E-state index contributed by atoms with van der Waals surface area (Å²) in [4.78, 5) is 15.8. The molecule has 8 heteroatoms. The maximum Gasteiger partial charge on any atom is 0.422 e. The molecule has 0 radical (unpaired) electrons. The van der Waals surface area contributed by atoms with Crippen molar-refractivity contribution in [3.63, 3.8) is 0 Å². The molecule has 23 heavy (non-hydrogen) atoms. The van der Waals surface area contributed by atoms with Crippen molar-refractivity contribution < 1.29 is 22.7 Å². The van der Waals surface area contributed by atoms with Gasteiger partial charge in [0.2, 0.25) is 5.88 Å². The second-order valence-corrected chi connectivity index (χ2v) is 5.62. The van der Waals surface area contributed by atoms with E-state index in [9.17, 15) is 18.0 Å². The van der Waals surface area contributed by atoms with E-state index in [0.717, 1.165) is 16.2 Å². The van der Waals surface area contributed by atoms with Crippen LogP contribution in [-0.2, 0) is 0 Å². The van der Waals surface area contributed by atoms with Gasteiger partial charge in [-0.2, -0.15) is 13.2 Å². The molecule has 0 spiro atoms. The molecule has 0 aliphatic rings. The normalized spacial score (nSPS) is 11.2. The van der Waals surface area contributed by atoms with E-state index in [1.54, 1.807) is 6.07 Å². The smallest absolute Gasteiger partial charge is 0.422 e. The zero-order valence-electron chi connectivity index (χ0n) is 11.9. The molecule has 0 atom stereocenters. The molecule has 0 fully saturated rings. The van der Waals surface area contributed by atoms with Gasteiger partial charge in [-0.3, -0.25) is 4.79 Å². The molecule has 1 amide bonds. The number of nitrogens with one attached hydrogen (secondary N) is 1. The van der Waals surface area contributed by atoms with Gasteiger partial charge in [-0.05, 0) is 30.7 Å². The van der Waals surface area contributed by atoms with Gasteiger partial charge in [0.15, 0.2) is 6.61 Å². The SMILES string of the molecule is Cc1ccc(Br)cc1NC(=O)c1ccc(OCC(F)(F)F)nc1. The molecule has 1 N–H and O–H groups in total. The average Bonchev–Trinajstić information content (AvgIpc) is 2.48. The van der Waals surface area contributed by atoms with Crippen LogP contribution in [0, 0.1) is 6.92 Å². The van der Waals surface area contributed by atoms with Crippen molar-refractivity contribution in [2.45, 2.75) is 13.1 Å². The molecule has 2 aromatic rings. The lowest BCUT2D eigenvalue weighted by atomic mass is 10.2. The Balaban J connectivity index is 2.04. The third-order valence-electron chi connectivity index (χ3n) is 2.83. The molecular weight excluding hydrogens is 377 g/mol. The van der Waals surface area contributed by atoms with Crippen LogP contribution in [-0.4, -0.2) is 23.7 Å². The Morgan fingerprint density at radius 2 is 2.04 bits per heavy atom. The number of carbonyl (C=O) groups excluding carboxylic acids is 1. The third kappa shape index (κ3) is 5.24. The fourth-order valence-corrected chi connectivity index (χ4v) is 2.04. The van der Waals surface area contributed by atoms with E-state index in [0.29, 0.717) is 5.69 Å². The Bertz CT molecular complexity index is 703. The zero-order valence-corrected chi connectivity index (χ0v) is 13.5. The second kappa shape index (κ2) is 6.99. The molecular formula is C15H12BrF3N2O2. The number of hydrogen-bond acceptors (Lipinski definition) is 3. The molecule has 122 valence electrons. The fourth-order valence-electron chi connectivity index (χ4n) is 1.68. The van der Waals surface area contributed by atoms with Gasteiger partial charge in [-0.15, -0.1) is 0 Å². The van der Waals surface area contributed by atoms with E-state index >= 15 is 0 Å². The number of benzene rings is 1. The van der Waals surface area contributed by atoms with E-state index in [1.165, 1.54) is 12.1 Å². The molecule has 0 aliphatic heterocycles. The first-order valence-corrected chi connectivity index (χ1v) is 7.27. The van der Waals surface area contributed by atoms with E-state index < -0.39 is 18.7 Å². The Labute approximate surface area is 138 Å². The number of pyridine rings is 1. The maximum absolute atomic E-state index is 12.1. The van der Waals surface area contributed by atoms with Crippen LogP contribution < -0.4 is 10.1 Å². The van der Waals surface area contributed by atoms with Gasteiger partial charge in [-0.25, -0.2) is 4.98 Å². The molecule has 1 aromatic heterocycles. The summed E-state index contributed by atoms with van der Waals surface area (Å²) in [6.07, 6.45) is -3.27. The van der Waals surface area contributed by atoms with Crippen molar-refractivity contribution in [2.24, 2.45) is 0 Å². The van der Waals surface area contributed by atoms with Gasteiger partial charge in [0.1, 0.15) is 0 Å². The molecule has 2 rings (SSSR count). The quantitative estimate of drug-likeness (QED) is 0.846. The van der Waals surface area contributed by atoms with Crippen molar-refractivity contribution in [3.8, 4) is 5.88 Å². The molecule has 4 nitrogen and oxygen atoms in total. The van der Waals surface area contributed by atoms with Gasteiger partial charge >= 0.3 is 6.18 Å². The second-order valence-electron chi connectivity index (χ2n) is 4.70.